The van der Waals surface area contributed by atoms with Crippen molar-refractivity contribution in [3.63, 3.8) is 0 Å². The van der Waals surface area contributed by atoms with E-state index in [4.69, 9.17) is 5.11 Å². The molecule has 0 aliphatic heterocycles. The van der Waals surface area contributed by atoms with Crippen molar-refractivity contribution in [2.75, 3.05) is 0 Å². The first-order valence-corrected chi connectivity index (χ1v) is 6.98. The van der Waals surface area contributed by atoms with E-state index >= 15 is 0 Å². The van der Waals surface area contributed by atoms with Crippen LogP contribution in [0.15, 0.2) is 53.8 Å². The zero-order chi connectivity index (χ0) is 15.6. The van der Waals surface area contributed by atoms with Crippen LogP contribution < -0.4 is 0 Å². The zero-order valence-corrected chi connectivity index (χ0v) is 12.2. The fraction of sp³-hybridized carbons (Fsp3) is 0.353. The fourth-order valence-corrected chi connectivity index (χ4v) is 2.71. The maximum Gasteiger partial charge on any atom is 0.339 e. The maximum absolute atomic E-state index is 11.2. The third kappa shape index (κ3) is 2.85. The Balaban J connectivity index is 2.44. The van der Waals surface area contributed by atoms with Crippen molar-refractivity contribution in [2.24, 2.45) is 11.8 Å². The SMILES string of the molecule is CC(C)C1(O)C=CC(C(=O)O)=C(O)C1Cc1ccccc1. The molecule has 2 unspecified atom stereocenters. The second kappa shape index (κ2) is 5.74. The van der Waals surface area contributed by atoms with Crippen molar-refractivity contribution in [2.45, 2.75) is 25.9 Å². The van der Waals surface area contributed by atoms with E-state index in [1.165, 1.54) is 12.2 Å². The van der Waals surface area contributed by atoms with Gasteiger partial charge in [0.2, 0.25) is 0 Å². The minimum absolute atomic E-state index is 0.152. The van der Waals surface area contributed by atoms with Gasteiger partial charge in [0.25, 0.3) is 0 Å². The van der Waals surface area contributed by atoms with Crippen LogP contribution in [0.1, 0.15) is 19.4 Å². The van der Waals surface area contributed by atoms with Crippen LogP contribution in [0.3, 0.4) is 0 Å². The number of carboxylic acid groups (broad SMARTS) is 1. The summed E-state index contributed by atoms with van der Waals surface area (Å²) in [4.78, 5) is 11.2. The predicted octanol–water partition coefficient (Wildman–Crippen LogP) is 2.70. The van der Waals surface area contributed by atoms with E-state index in [0.717, 1.165) is 5.56 Å². The summed E-state index contributed by atoms with van der Waals surface area (Å²) in [5, 5.41) is 30.3. The molecule has 2 rings (SSSR count). The van der Waals surface area contributed by atoms with Gasteiger partial charge in [0.15, 0.2) is 0 Å². The van der Waals surface area contributed by atoms with E-state index in [2.05, 4.69) is 0 Å². The lowest BCUT2D eigenvalue weighted by Crippen LogP contribution is -2.45. The molecule has 4 nitrogen and oxygen atoms in total. The van der Waals surface area contributed by atoms with E-state index in [9.17, 15) is 15.0 Å². The summed E-state index contributed by atoms with van der Waals surface area (Å²) in [5.74, 6) is -2.27. The van der Waals surface area contributed by atoms with Gasteiger partial charge in [-0.05, 0) is 24.0 Å². The second-order valence-electron chi connectivity index (χ2n) is 5.72. The molecule has 4 heteroatoms. The zero-order valence-electron chi connectivity index (χ0n) is 12.2. The van der Waals surface area contributed by atoms with Crippen LogP contribution in [-0.4, -0.2) is 26.9 Å². The molecule has 1 aliphatic rings. The highest BCUT2D eigenvalue weighted by molar-refractivity contribution is 5.91. The van der Waals surface area contributed by atoms with Gasteiger partial charge in [-0.1, -0.05) is 50.3 Å². The van der Waals surface area contributed by atoms with Crippen molar-refractivity contribution >= 4 is 5.97 Å². The first kappa shape index (κ1) is 15.3. The summed E-state index contributed by atoms with van der Waals surface area (Å²) >= 11 is 0. The van der Waals surface area contributed by atoms with E-state index in [1.54, 1.807) is 0 Å². The van der Waals surface area contributed by atoms with Crippen molar-refractivity contribution < 1.29 is 20.1 Å². The normalized spacial score (nSPS) is 25.4. The summed E-state index contributed by atoms with van der Waals surface area (Å²) in [6.45, 7) is 3.70. The Morgan fingerprint density at radius 3 is 2.43 bits per heavy atom. The molecule has 0 radical (unpaired) electrons. The van der Waals surface area contributed by atoms with Crippen LogP contribution in [0.5, 0.6) is 0 Å². The topological polar surface area (TPSA) is 77.8 Å². The number of aliphatic carboxylic acids is 1. The van der Waals surface area contributed by atoms with Crippen molar-refractivity contribution in [3.05, 3.63) is 59.4 Å². The van der Waals surface area contributed by atoms with Crippen LogP contribution in [0.2, 0.25) is 0 Å². The Labute approximate surface area is 124 Å². The maximum atomic E-state index is 11.2. The molecule has 0 amide bonds. The molecular weight excluding hydrogens is 268 g/mol. The smallest absolute Gasteiger partial charge is 0.339 e. The largest absolute Gasteiger partial charge is 0.511 e. The lowest BCUT2D eigenvalue weighted by Gasteiger charge is -2.39. The average molecular weight is 288 g/mol. The van der Waals surface area contributed by atoms with Gasteiger partial charge in [-0.15, -0.1) is 0 Å². The van der Waals surface area contributed by atoms with Gasteiger partial charge in [0, 0.05) is 0 Å². The molecule has 1 aromatic rings. The summed E-state index contributed by atoms with van der Waals surface area (Å²) < 4.78 is 0. The second-order valence-corrected chi connectivity index (χ2v) is 5.72. The van der Waals surface area contributed by atoms with Crippen molar-refractivity contribution in [1.82, 2.24) is 0 Å². The number of hydrogen-bond donors (Lipinski definition) is 3. The molecule has 2 atom stereocenters. The predicted molar refractivity (Wildman–Crippen MR) is 79.9 cm³/mol. The first-order chi connectivity index (χ1) is 9.86. The van der Waals surface area contributed by atoms with E-state index < -0.39 is 17.5 Å². The Hall–Kier alpha value is -2.07. The van der Waals surface area contributed by atoms with Gasteiger partial charge in [0.05, 0.1) is 17.1 Å². The number of rotatable bonds is 4. The van der Waals surface area contributed by atoms with Crippen LogP contribution in [0.25, 0.3) is 0 Å². The Kier molecular flexibility index (Phi) is 4.19. The molecule has 0 aromatic heterocycles. The molecule has 3 N–H and O–H groups in total. The number of carbonyl (C=O) groups is 1. The molecule has 0 bridgehead atoms. The van der Waals surface area contributed by atoms with Gasteiger partial charge in [-0.2, -0.15) is 0 Å². The molecule has 21 heavy (non-hydrogen) atoms. The van der Waals surface area contributed by atoms with E-state index in [0.29, 0.717) is 6.42 Å². The number of carboxylic acids is 1. The van der Waals surface area contributed by atoms with Crippen LogP contribution in [-0.2, 0) is 11.2 Å². The van der Waals surface area contributed by atoms with Crippen LogP contribution in [0, 0.1) is 11.8 Å². The Bertz CT molecular complexity index is 586. The van der Waals surface area contributed by atoms with Gasteiger partial charge < -0.3 is 15.3 Å². The standard InChI is InChI=1S/C17H20O4/c1-11(2)17(21)9-8-13(16(19)20)15(18)14(17)10-12-6-4-3-5-7-12/h3-9,11,14,18,21H,10H2,1-2H3,(H,19,20). The van der Waals surface area contributed by atoms with Gasteiger partial charge in [0.1, 0.15) is 5.76 Å². The molecule has 0 spiro atoms. The Morgan fingerprint density at radius 1 is 1.29 bits per heavy atom. The molecule has 0 fully saturated rings. The minimum atomic E-state index is -1.27. The third-order valence-corrected chi connectivity index (χ3v) is 4.12. The van der Waals surface area contributed by atoms with Crippen molar-refractivity contribution in [1.29, 1.82) is 0 Å². The molecule has 1 aliphatic carbocycles. The summed E-state index contributed by atoms with van der Waals surface area (Å²) in [7, 11) is 0. The highest BCUT2D eigenvalue weighted by atomic mass is 16.4. The van der Waals surface area contributed by atoms with Gasteiger partial charge in [-0.3, -0.25) is 0 Å². The van der Waals surface area contributed by atoms with Gasteiger partial charge in [-0.25, -0.2) is 4.79 Å². The molecule has 1 aromatic carbocycles. The number of benzene rings is 1. The highest BCUT2D eigenvalue weighted by Gasteiger charge is 2.43. The summed E-state index contributed by atoms with van der Waals surface area (Å²) in [6.07, 6.45) is 3.16. The lowest BCUT2D eigenvalue weighted by molar-refractivity contribution is -0.132. The van der Waals surface area contributed by atoms with Crippen molar-refractivity contribution in [3.8, 4) is 0 Å². The lowest BCUT2D eigenvalue weighted by atomic mass is 9.71. The molecule has 112 valence electrons. The molecular formula is C17H20O4. The number of hydrogen-bond acceptors (Lipinski definition) is 3. The monoisotopic (exact) mass is 288 g/mol. The van der Waals surface area contributed by atoms with E-state index in [1.807, 2.05) is 44.2 Å². The number of aliphatic hydroxyl groups excluding tert-OH is 1. The first-order valence-electron chi connectivity index (χ1n) is 6.98. The molecule has 0 saturated heterocycles. The minimum Gasteiger partial charge on any atom is -0.511 e. The fourth-order valence-electron chi connectivity index (χ4n) is 2.71. The average Bonchev–Trinajstić information content (AvgIpc) is 2.44. The highest BCUT2D eigenvalue weighted by Crippen LogP contribution is 2.39. The van der Waals surface area contributed by atoms with Gasteiger partial charge >= 0.3 is 5.97 Å². The summed E-state index contributed by atoms with van der Waals surface area (Å²) in [6, 6.07) is 9.43. The van der Waals surface area contributed by atoms with Crippen LogP contribution >= 0.6 is 0 Å². The van der Waals surface area contributed by atoms with Crippen LogP contribution in [0.4, 0.5) is 0 Å². The molecule has 0 heterocycles. The summed E-state index contributed by atoms with van der Waals surface area (Å²) in [5.41, 5.74) is -0.479. The van der Waals surface area contributed by atoms with E-state index in [-0.39, 0.29) is 17.3 Å². The quantitative estimate of drug-likeness (QED) is 0.796. The Morgan fingerprint density at radius 2 is 1.90 bits per heavy atom. The third-order valence-electron chi connectivity index (χ3n) is 4.12. The number of aliphatic hydroxyl groups is 2. The molecule has 0 saturated carbocycles.